The second-order valence-electron chi connectivity index (χ2n) is 9.04. The average Bonchev–Trinajstić information content (AvgIpc) is 2.90. The van der Waals surface area contributed by atoms with Crippen molar-refractivity contribution < 1.29 is 13.9 Å². The number of esters is 1. The van der Waals surface area contributed by atoms with Crippen LogP contribution in [-0.2, 0) is 16.1 Å². The van der Waals surface area contributed by atoms with Crippen molar-refractivity contribution in [1.29, 1.82) is 0 Å². The molecule has 5 heteroatoms. The highest BCUT2D eigenvalue weighted by Crippen LogP contribution is 2.42. The number of ether oxygens (including phenoxy) is 1. The summed E-state index contributed by atoms with van der Waals surface area (Å²) in [5.74, 6) is 0.430. The van der Waals surface area contributed by atoms with Gasteiger partial charge in [0.15, 0.2) is 0 Å². The van der Waals surface area contributed by atoms with E-state index in [0.29, 0.717) is 5.57 Å². The van der Waals surface area contributed by atoms with Crippen LogP contribution < -0.4 is 14.8 Å². The van der Waals surface area contributed by atoms with Crippen LogP contribution >= 0.6 is 0 Å². The summed E-state index contributed by atoms with van der Waals surface area (Å²) in [5, 5.41) is 2.12. The highest BCUT2D eigenvalue weighted by atomic mass is 16.5. The first-order valence-corrected chi connectivity index (χ1v) is 12.6. The molecule has 2 aromatic rings. The Hall–Kier alpha value is -3.86. The molecule has 4 rings (SSSR count). The molecule has 2 aliphatic rings. The Balaban J connectivity index is 2.01. The summed E-state index contributed by atoms with van der Waals surface area (Å²) in [6.45, 7) is 14.7. The van der Waals surface area contributed by atoms with Crippen molar-refractivity contribution in [3.8, 4) is 22.5 Å². The van der Waals surface area contributed by atoms with E-state index < -0.39 is 5.97 Å². The van der Waals surface area contributed by atoms with E-state index in [4.69, 9.17) is 9.15 Å². The molecule has 186 valence electrons. The van der Waals surface area contributed by atoms with Crippen molar-refractivity contribution in [2.45, 2.75) is 34.3 Å². The van der Waals surface area contributed by atoms with E-state index in [1.54, 1.807) is 6.92 Å². The molecule has 36 heavy (non-hydrogen) atoms. The van der Waals surface area contributed by atoms with Crippen molar-refractivity contribution in [1.82, 2.24) is 4.58 Å². The number of anilines is 1. The zero-order chi connectivity index (χ0) is 25.8. The minimum Gasteiger partial charge on any atom is -0.457 e. The number of rotatable bonds is 8. The molecule has 1 heterocycles. The topological polar surface area (TPSA) is 45.7 Å². The summed E-state index contributed by atoms with van der Waals surface area (Å²) in [7, 11) is 2.08. The minimum absolute atomic E-state index is 0.172. The number of fused-ring (bicyclic) bond motifs is 2. The van der Waals surface area contributed by atoms with Gasteiger partial charge in [-0.25, -0.2) is 9.37 Å². The van der Waals surface area contributed by atoms with Crippen LogP contribution in [0.5, 0.6) is 0 Å². The predicted octanol–water partition coefficient (Wildman–Crippen LogP) is 6.09. The van der Waals surface area contributed by atoms with Gasteiger partial charge in [-0.05, 0) is 57.0 Å². The van der Waals surface area contributed by atoms with Crippen LogP contribution in [0.2, 0.25) is 0 Å². The summed E-state index contributed by atoms with van der Waals surface area (Å²) in [6.07, 6.45) is 0. The Labute approximate surface area is 213 Å². The third-order valence-electron chi connectivity index (χ3n) is 6.73. The van der Waals surface area contributed by atoms with Crippen LogP contribution in [0.1, 0.15) is 33.3 Å². The van der Waals surface area contributed by atoms with Crippen LogP contribution in [-0.4, -0.2) is 32.7 Å². The minimum atomic E-state index is -0.390. The molecule has 0 atom stereocenters. The molecule has 0 fully saturated rings. The van der Waals surface area contributed by atoms with E-state index in [0.717, 1.165) is 69.7 Å². The fourth-order valence-electron chi connectivity index (χ4n) is 4.52. The zero-order valence-corrected chi connectivity index (χ0v) is 21.9. The zero-order valence-electron chi connectivity index (χ0n) is 21.9. The van der Waals surface area contributed by atoms with Gasteiger partial charge in [0.25, 0.3) is 0 Å². The Bertz CT molecular complexity index is 1460. The molecule has 0 N–H and O–H groups in total. The summed E-state index contributed by atoms with van der Waals surface area (Å²) < 4.78 is 14.3. The van der Waals surface area contributed by atoms with Gasteiger partial charge in [-0.15, -0.1) is 0 Å². The summed E-state index contributed by atoms with van der Waals surface area (Å²) >= 11 is 0. The smallest absolute Gasteiger partial charge is 0.333 e. The third kappa shape index (κ3) is 4.92. The van der Waals surface area contributed by atoms with Crippen molar-refractivity contribution in [3.05, 3.63) is 83.7 Å². The number of carbonyl (C=O) groups excluding carboxylic acids is 1. The van der Waals surface area contributed by atoms with Gasteiger partial charge in [0.2, 0.25) is 5.36 Å². The van der Waals surface area contributed by atoms with E-state index >= 15 is 0 Å². The predicted molar refractivity (Wildman–Crippen MR) is 148 cm³/mol. The molecule has 1 aliphatic carbocycles. The van der Waals surface area contributed by atoms with Gasteiger partial charge >= 0.3 is 5.97 Å². The normalized spacial score (nSPS) is 12.0. The second kappa shape index (κ2) is 10.8. The SMILES string of the molecule is C=C(C)C(=O)OCc1ccccc1-c1c2ccc(=[N+](C)CC)cc-2oc2cc(N(CC)CC)ccc12. The second-order valence-corrected chi connectivity index (χ2v) is 9.04. The van der Waals surface area contributed by atoms with E-state index in [2.05, 4.69) is 86.3 Å². The van der Waals surface area contributed by atoms with Gasteiger partial charge in [0.1, 0.15) is 31.5 Å². The van der Waals surface area contributed by atoms with Crippen LogP contribution in [0.25, 0.3) is 33.4 Å². The van der Waals surface area contributed by atoms with Crippen molar-refractivity contribution >= 4 is 22.6 Å². The molecular formula is C31H35N2O3+. The lowest BCUT2D eigenvalue weighted by Gasteiger charge is -2.22. The van der Waals surface area contributed by atoms with Crippen molar-refractivity contribution in [2.75, 3.05) is 31.6 Å². The maximum atomic E-state index is 12.1. The average molecular weight is 484 g/mol. The van der Waals surface area contributed by atoms with Crippen LogP contribution in [0, 0.1) is 0 Å². The Morgan fingerprint density at radius 2 is 1.75 bits per heavy atom. The van der Waals surface area contributed by atoms with Gasteiger partial charge in [0, 0.05) is 53.0 Å². The molecule has 0 saturated carbocycles. The number of hydrogen-bond acceptors (Lipinski definition) is 4. The van der Waals surface area contributed by atoms with Crippen molar-refractivity contribution in [2.24, 2.45) is 0 Å². The fourth-order valence-corrected chi connectivity index (χ4v) is 4.52. The molecule has 0 amide bonds. The van der Waals surface area contributed by atoms with Gasteiger partial charge in [-0.1, -0.05) is 30.8 Å². The lowest BCUT2D eigenvalue weighted by atomic mass is 9.91. The Morgan fingerprint density at radius 3 is 2.44 bits per heavy atom. The molecule has 0 aromatic heterocycles. The Morgan fingerprint density at radius 1 is 1.00 bits per heavy atom. The van der Waals surface area contributed by atoms with Crippen LogP contribution in [0.4, 0.5) is 5.69 Å². The lowest BCUT2D eigenvalue weighted by molar-refractivity contribution is -0.140. The molecule has 5 nitrogen and oxygen atoms in total. The first-order valence-electron chi connectivity index (χ1n) is 12.6. The van der Waals surface area contributed by atoms with Gasteiger partial charge in [-0.3, -0.25) is 0 Å². The van der Waals surface area contributed by atoms with Crippen molar-refractivity contribution in [3.63, 3.8) is 0 Å². The van der Waals surface area contributed by atoms with Gasteiger partial charge in [0.05, 0.1) is 6.07 Å². The first-order chi connectivity index (χ1) is 17.4. The third-order valence-corrected chi connectivity index (χ3v) is 6.73. The molecular weight excluding hydrogens is 448 g/mol. The molecule has 0 unspecified atom stereocenters. The van der Waals surface area contributed by atoms with E-state index in [-0.39, 0.29) is 6.61 Å². The quantitative estimate of drug-likeness (QED) is 0.132. The molecule has 1 aliphatic heterocycles. The molecule has 0 radical (unpaired) electrons. The Kier molecular flexibility index (Phi) is 7.58. The van der Waals surface area contributed by atoms with Gasteiger partial charge in [-0.2, -0.15) is 0 Å². The van der Waals surface area contributed by atoms with Crippen LogP contribution in [0.3, 0.4) is 0 Å². The van der Waals surface area contributed by atoms with E-state index in [1.165, 1.54) is 0 Å². The number of carbonyl (C=O) groups is 1. The summed E-state index contributed by atoms with van der Waals surface area (Å²) in [4.78, 5) is 14.4. The maximum Gasteiger partial charge on any atom is 0.333 e. The molecule has 0 bridgehead atoms. The summed E-state index contributed by atoms with van der Waals surface area (Å²) in [6, 6.07) is 20.9. The molecule has 0 spiro atoms. The van der Waals surface area contributed by atoms with Crippen LogP contribution in [0.15, 0.2) is 77.2 Å². The first kappa shape index (κ1) is 25.2. The number of benzene rings is 3. The maximum absolute atomic E-state index is 12.1. The summed E-state index contributed by atoms with van der Waals surface area (Å²) in [5.41, 5.74) is 6.39. The largest absolute Gasteiger partial charge is 0.457 e. The number of hydrogen-bond donors (Lipinski definition) is 0. The standard InChI is InChI=1S/C31H35N2O3/c1-7-32(6)23-14-16-26-28(18-23)36-29-19-24(33(8-2)9-3)15-17-27(29)30(26)25-13-11-10-12-22(25)20-35-31(34)21(4)5/h10-19H,4,7-9,20H2,1-3,5-6H3/q+1. The highest BCUT2D eigenvalue weighted by Gasteiger charge is 2.21. The van der Waals surface area contributed by atoms with E-state index in [1.807, 2.05) is 18.2 Å². The molecule has 0 saturated heterocycles. The molecule has 2 aromatic carbocycles. The number of nitrogens with zero attached hydrogens (tertiary/aromatic N) is 2. The van der Waals surface area contributed by atoms with Gasteiger partial charge < -0.3 is 14.1 Å². The lowest BCUT2D eigenvalue weighted by Crippen LogP contribution is -2.25. The fraction of sp³-hybridized carbons (Fsp3) is 0.290. The monoisotopic (exact) mass is 483 g/mol. The van der Waals surface area contributed by atoms with E-state index in [9.17, 15) is 4.79 Å². The highest BCUT2D eigenvalue weighted by molar-refractivity contribution is 6.03.